The average Bonchev–Trinajstić information content (AvgIpc) is 3.27. The highest BCUT2D eigenvalue weighted by atomic mass is 32.3. The van der Waals surface area contributed by atoms with Crippen molar-refractivity contribution in [3.8, 4) is 0 Å². The molecule has 0 saturated carbocycles. The quantitative estimate of drug-likeness (QED) is 0.417. The van der Waals surface area contributed by atoms with Crippen molar-refractivity contribution in [2.45, 2.75) is 10.0 Å². The van der Waals surface area contributed by atoms with Crippen LogP contribution in [0.4, 0.5) is 0 Å². The molecule has 1 nitrogen and oxygen atoms in total. The average molecular weight is 459 g/mol. The predicted molar refractivity (Wildman–Crippen MR) is 118 cm³/mol. The molecule has 0 bridgehead atoms. The van der Waals surface area contributed by atoms with Crippen molar-refractivity contribution in [3.05, 3.63) is 25.4 Å². The van der Waals surface area contributed by atoms with E-state index >= 15 is 0 Å². The van der Waals surface area contributed by atoms with Crippen molar-refractivity contribution in [2.24, 2.45) is 0 Å². The minimum atomic E-state index is 0.384. The van der Waals surface area contributed by atoms with Crippen LogP contribution in [0.3, 0.4) is 0 Å². The van der Waals surface area contributed by atoms with Crippen LogP contribution in [0.15, 0.2) is 25.4 Å². The van der Waals surface area contributed by atoms with Crippen LogP contribution in [0.5, 0.6) is 0 Å². The van der Waals surface area contributed by atoms with Crippen molar-refractivity contribution in [1.29, 1.82) is 0 Å². The van der Waals surface area contributed by atoms with Gasteiger partial charge in [0.05, 0.1) is 36.6 Å². The molecule has 0 radical (unpaired) electrons. The van der Waals surface area contributed by atoms with Crippen LogP contribution in [0.25, 0.3) is 0 Å². The first-order chi connectivity index (χ1) is 10.9. The van der Waals surface area contributed by atoms with E-state index < -0.39 is 0 Å². The minimum Gasteiger partial charge on any atom is -0.365 e. The van der Waals surface area contributed by atoms with E-state index in [0.29, 0.717) is 10.0 Å². The number of hydrogen-bond donors (Lipinski definition) is 0. The summed E-state index contributed by atoms with van der Waals surface area (Å²) in [5.74, 6) is 3.69. The SMILES string of the molecule is C1CSC(C2SC3=C(SC(=C4SC5=C(SCCS5)S4)S3)S2)O1. The molecule has 0 spiro atoms. The van der Waals surface area contributed by atoms with Gasteiger partial charge in [0.1, 0.15) is 5.44 Å². The van der Waals surface area contributed by atoms with E-state index in [-0.39, 0.29) is 0 Å². The Morgan fingerprint density at radius 3 is 1.82 bits per heavy atom. The molecule has 5 aliphatic heterocycles. The smallest absolute Gasteiger partial charge is 0.125 e. The molecule has 0 aromatic rings. The lowest BCUT2D eigenvalue weighted by Crippen LogP contribution is -2.13. The first-order valence-corrected chi connectivity index (χ1v) is 14.7. The van der Waals surface area contributed by atoms with Crippen LogP contribution in [0.1, 0.15) is 0 Å². The molecule has 118 valence electrons. The molecule has 5 rings (SSSR count). The third-order valence-electron chi connectivity index (χ3n) is 3.11. The summed E-state index contributed by atoms with van der Waals surface area (Å²) in [7, 11) is 0. The van der Waals surface area contributed by atoms with Crippen LogP contribution in [0.2, 0.25) is 0 Å². The van der Waals surface area contributed by atoms with E-state index in [0.717, 1.165) is 12.4 Å². The summed E-state index contributed by atoms with van der Waals surface area (Å²) in [5.41, 5.74) is 0.384. The summed E-state index contributed by atoms with van der Waals surface area (Å²) >= 11 is 18.1. The van der Waals surface area contributed by atoms with Crippen molar-refractivity contribution in [2.75, 3.05) is 23.9 Å². The van der Waals surface area contributed by atoms with Gasteiger partial charge in [0.2, 0.25) is 0 Å². The second-order valence-electron chi connectivity index (χ2n) is 4.54. The second kappa shape index (κ2) is 7.15. The van der Waals surface area contributed by atoms with E-state index in [9.17, 15) is 0 Å². The van der Waals surface area contributed by atoms with Gasteiger partial charge in [0.15, 0.2) is 0 Å². The van der Waals surface area contributed by atoms with Crippen molar-refractivity contribution in [1.82, 2.24) is 0 Å². The van der Waals surface area contributed by atoms with Crippen LogP contribution in [-0.4, -0.2) is 33.9 Å². The predicted octanol–water partition coefficient (Wildman–Crippen LogP) is 6.70. The summed E-state index contributed by atoms with van der Waals surface area (Å²) in [6.07, 6.45) is 0. The molecule has 22 heavy (non-hydrogen) atoms. The number of ether oxygens (including phenoxy) is 1. The third-order valence-corrected chi connectivity index (χ3v) is 16.9. The van der Waals surface area contributed by atoms with E-state index in [2.05, 4.69) is 0 Å². The lowest BCUT2D eigenvalue weighted by molar-refractivity contribution is 0.154. The fraction of sp³-hybridized carbons (Fsp3) is 0.500. The van der Waals surface area contributed by atoms with Gasteiger partial charge >= 0.3 is 0 Å². The maximum absolute atomic E-state index is 5.84. The number of hydrogen-bond acceptors (Lipinski definition) is 10. The van der Waals surface area contributed by atoms with Gasteiger partial charge < -0.3 is 4.74 Å². The maximum atomic E-state index is 5.84. The molecule has 5 heterocycles. The molecule has 0 aromatic heterocycles. The van der Waals surface area contributed by atoms with Crippen molar-refractivity contribution in [3.63, 3.8) is 0 Å². The minimum absolute atomic E-state index is 0.384. The molecule has 0 amide bonds. The number of rotatable bonds is 1. The van der Waals surface area contributed by atoms with Gasteiger partial charge in [0, 0.05) is 17.3 Å². The van der Waals surface area contributed by atoms with Gasteiger partial charge in [-0.1, -0.05) is 70.6 Å². The summed E-state index contributed by atoms with van der Waals surface area (Å²) < 4.78 is 15.6. The Balaban J connectivity index is 1.26. The first-order valence-electron chi connectivity index (χ1n) is 6.63. The monoisotopic (exact) mass is 458 g/mol. The van der Waals surface area contributed by atoms with Crippen LogP contribution in [-0.2, 0) is 4.74 Å². The summed E-state index contributed by atoms with van der Waals surface area (Å²) in [5, 5.41) is 0. The standard InChI is InChI=1S/C12H10OS9/c1-2-14-5(13-1)6-17-9-10(18-6)22-12(21-9)11-19-7-8(20-11)16-4-3-15-7/h5-6H,1-4H2. The molecule has 1 atom stereocenters. The van der Waals surface area contributed by atoms with Crippen LogP contribution < -0.4 is 0 Å². The Morgan fingerprint density at radius 1 is 0.682 bits per heavy atom. The highest BCUT2D eigenvalue weighted by molar-refractivity contribution is 8.48. The normalized spacial score (nSPS) is 32.5. The van der Waals surface area contributed by atoms with Gasteiger partial charge in [-0.3, -0.25) is 0 Å². The Hall–Kier alpha value is 2.33. The Labute approximate surface area is 168 Å². The summed E-state index contributed by atoms with van der Waals surface area (Å²) in [6.45, 7) is 0.924. The zero-order chi connectivity index (χ0) is 14.5. The van der Waals surface area contributed by atoms with Crippen molar-refractivity contribution < 1.29 is 4.74 Å². The van der Waals surface area contributed by atoms with E-state index in [1.165, 1.54) is 28.5 Å². The maximum Gasteiger partial charge on any atom is 0.125 e. The zero-order valence-corrected chi connectivity index (χ0v) is 18.4. The molecular formula is C12H10OS9. The first kappa shape index (κ1) is 16.5. The van der Waals surface area contributed by atoms with Gasteiger partial charge in [0.25, 0.3) is 0 Å². The van der Waals surface area contributed by atoms with Gasteiger partial charge in [-0.05, 0) is 0 Å². The lowest BCUT2D eigenvalue weighted by Gasteiger charge is -2.16. The number of thioether (sulfide) groups is 9. The fourth-order valence-corrected chi connectivity index (χ4v) is 16.7. The lowest BCUT2D eigenvalue weighted by atomic mass is 10.8. The zero-order valence-electron chi connectivity index (χ0n) is 11.1. The summed E-state index contributed by atoms with van der Waals surface area (Å²) in [4.78, 5) is 0. The molecule has 1 unspecified atom stereocenters. The van der Waals surface area contributed by atoms with E-state index in [4.69, 9.17) is 4.74 Å². The van der Waals surface area contributed by atoms with Gasteiger partial charge in [-0.25, -0.2) is 0 Å². The van der Waals surface area contributed by atoms with Crippen LogP contribution >= 0.6 is 106 Å². The largest absolute Gasteiger partial charge is 0.365 e. The van der Waals surface area contributed by atoms with E-state index in [1.54, 1.807) is 8.47 Å². The molecule has 1 saturated heterocycles. The summed E-state index contributed by atoms with van der Waals surface area (Å²) in [6, 6.07) is 0. The Bertz CT molecular complexity index is 564. The topological polar surface area (TPSA) is 9.23 Å². The molecule has 0 aliphatic carbocycles. The third kappa shape index (κ3) is 3.20. The van der Waals surface area contributed by atoms with Gasteiger partial charge in [-0.2, -0.15) is 0 Å². The Kier molecular flexibility index (Phi) is 5.36. The second-order valence-corrected chi connectivity index (χ2v) is 16.2. The molecule has 10 heteroatoms. The molecule has 0 N–H and O–H groups in total. The van der Waals surface area contributed by atoms with Gasteiger partial charge in [-0.15, -0.1) is 35.3 Å². The molecular weight excluding hydrogens is 449 g/mol. The van der Waals surface area contributed by atoms with Crippen LogP contribution in [0, 0.1) is 0 Å². The molecule has 1 fully saturated rings. The van der Waals surface area contributed by atoms with E-state index in [1.807, 2.05) is 106 Å². The fourth-order valence-electron chi connectivity index (χ4n) is 2.18. The molecule has 0 aromatic carbocycles. The Morgan fingerprint density at radius 2 is 1.27 bits per heavy atom. The molecule has 5 aliphatic rings. The highest BCUT2D eigenvalue weighted by Gasteiger charge is 2.41. The highest BCUT2D eigenvalue weighted by Crippen LogP contribution is 2.70. The van der Waals surface area contributed by atoms with Crippen molar-refractivity contribution >= 4 is 106 Å².